The highest BCUT2D eigenvalue weighted by molar-refractivity contribution is 6.20. The number of para-hydroxylation sites is 2. The summed E-state index contributed by atoms with van der Waals surface area (Å²) in [7, 11) is 1.61. The van der Waals surface area contributed by atoms with Gasteiger partial charge >= 0.3 is 0 Å². The molecule has 1 atom stereocenters. The quantitative estimate of drug-likeness (QED) is 0.667. The zero-order valence-electron chi connectivity index (χ0n) is 11.7. The van der Waals surface area contributed by atoms with E-state index in [1.54, 1.807) is 13.2 Å². The molecular weight excluding hydrogens is 291 g/mol. The van der Waals surface area contributed by atoms with Gasteiger partial charge in [-0.15, -0.1) is 11.6 Å². The maximum atomic E-state index is 13.4. The van der Waals surface area contributed by atoms with Gasteiger partial charge in [0.2, 0.25) is 0 Å². The molecule has 3 rings (SSSR count). The summed E-state index contributed by atoms with van der Waals surface area (Å²) >= 11 is 6.25. The van der Waals surface area contributed by atoms with Gasteiger partial charge in [0.05, 0.1) is 29.2 Å². The van der Waals surface area contributed by atoms with Gasteiger partial charge < -0.3 is 4.74 Å². The first-order valence-electron chi connectivity index (χ1n) is 6.57. The number of rotatable bonds is 3. The number of methoxy groups -OCH3 is 1. The number of hydrogen-bond donors (Lipinski definition) is 0. The molecule has 0 N–H and O–H groups in total. The second-order valence-corrected chi connectivity index (χ2v) is 5.38. The van der Waals surface area contributed by atoms with Gasteiger partial charge in [-0.25, -0.2) is 9.37 Å². The van der Waals surface area contributed by atoms with Crippen LogP contribution in [0.2, 0.25) is 0 Å². The number of imidazole rings is 1. The highest BCUT2D eigenvalue weighted by Crippen LogP contribution is 2.32. The van der Waals surface area contributed by atoms with Crippen LogP contribution in [0.5, 0.6) is 5.75 Å². The SMILES string of the molecule is COc1ccccc1-n1c(C(C)Cl)nc2cc(F)ccc21. The fourth-order valence-corrected chi connectivity index (χ4v) is 2.55. The summed E-state index contributed by atoms with van der Waals surface area (Å²) in [5.41, 5.74) is 2.20. The Kier molecular flexibility index (Phi) is 3.55. The third-order valence-electron chi connectivity index (χ3n) is 3.32. The van der Waals surface area contributed by atoms with Gasteiger partial charge in [-0.05, 0) is 31.2 Å². The Balaban J connectivity index is 2.37. The lowest BCUT2D eigenvalue weighted by Gasteiger charge is -2.14. The van der Waals surface area contributed by atoms with Gasteiger partial charge in [-0.1, -0.05) is 12.1 Å². The Labute approximate surface area is 126 Å². The number of benzene rings is 2. The molecule has 108 valence electrons. The minimum atomic E-state index is -0.319. The summed E-state index contributed by atoms with van der Waals surface area (Å²) in [4.78, 5) is 4.46. The average molecular weight is 305 g/mol. The number of aromatic nitrogens is 2. The normalized spacial score (nSPS) is 12.6. The second kappa shape index (κ2) is 5.37. The topological polar surface area (TPSA) is 27.1 Å². The van der Waals surface area contributed by atoms with Crippen LogP contribution in [-0.4, -0.2) is 16.7 Å². The van der Waals surface area contributed by atoms with E-state index in [4.69, 9.17) is 16.3 Å². The van der Waals surface area contributed by atoms with Gasteiger partial charge in [0.1, 0.15) is 17.4 Å². The largest absolute Gasteiger partial charge is 0.495 e. The van der Waals surface area contributed by atoms with Gasteiger partial charge in [-0.2, -0.15) is 0 Å². The summed E-state index contributed by atoms with van der Waals surface area (Å²) in [5, 5.41) is -0.314. The van der Waals surface area contributed by atoms with Gasteiger partial charge in [0, 0.05) is 6.07 Å². The summed E-state index contributed by atoms with van der Waals surface area (Å²) in [5.74, 6) is 1.04. The second-order valence-electron chi connectivity index (χ2n) is 4.73. The smallest absolute Gasteiger partial charge is 0.142 e. The molecule has 3 aromatic rings. The Morgan fingerprint density at radius 3 is 2.71 bits per heavy atom. The molecule has 1 heterocycles. The van der Waals surface area contributed by atoms with E-state index in [-0.39, 0.29) is 11.2 Å². The standard InChI is InChI=1S/C16H14ClFN2O/c1-10(17)16-19-12-9-11(18)7-8-13(12)20(16)14-5-3-4-6-15(14)21-2/h3-10H,1-2H3. The van der Waals surface area contributed by atoms with Crippen LogP contribution in [0.4, 0.5) is 4.39 Å². The lowest BCUT2D eigenvalue weighted by molar-refractivity contribution is 0.413. The number of hydrogen-bond acceptors (Lipinski definition) is 2. The molecule has 0 radical (unpaired) electrons. The van der Waals surface area contributed by atoms with Crippen LogP contribution in [-0.2, 0) is 0 Å². The number of alkyl halides is 1. The Hall–Kier alpha value is -2.07. The minimum Gasteiger partial charge on any atom is -0.495 e. The maximum Gasteiger partial charge on any atom is 0.142 e. The first kappa shape index (κ1) is 13.9. The van der Waals surface area contributed by atoms with Crippen molar-refractivity contribution in [1.82, 2.24) is 9.55 Å². The fourth-order valence-electron chi connectivity index (χ4n) is 2.41. The Bertz CT molecular complexity index is 798. The molecule has 2 aromatic carbocycles. The molecule has 0 spiro atoms. The lowest BCUT2D eigenvalue weighted by atomic mass is 10.2. The van der Waals surface area contributed by atoms with E-state index in [1.165, 1.54) is 12.1 Å². The predicted octanol–water partition coefficient (Wildman–Crippen LogP) is 4.47. The third kappa shape index (κ3) is 2.36. The van der Waals surface area contributed by atoms with Crippen molar-refractivity contribution in [3.63, 3.8) is 0 Å². The van der Waals surface area contributed by atoms with Crippen molar-refractivity contribution in [3.05, 3.63) is 54.1 Å². The summed E-state index contributed by atoms with van der Waals surface area (Å²) < 4.78 is 20.7. The van der Waals surface area contributed by atoms with Crippen LogP contribution < -0.4 is 4.74 Å². The minimum absolute atomic E-state index is 0.314. The number of halogens is 2. The van der Waals surface area contributed by atoms with Crippen molar-refractivity contribution in [1.29, 1.82) is 0 Å². The van der Waals surface area contributed by atoms with Gasteiger partial charge in [-0.3, -0.25) is 4.57 Å². The molecule has 3 nitrogen and oxygen atoms in total. The maximum absolute atomic E-state index is 13.4. The average Bonchev–Trinajstić information content (AvgIpc) is 2.85. The molecule has 0 bridgehead atoms. The number of ether oxygens (including phenoxy) is 1. The van der Waals surface area contributed by atoms with Crippen molar-refractivity contribution in [3.8, 4) is 11.4 Å². The van der Waals surface area contributed by atoms with Crippen molar-refractivity contribution in [2.24, 2.45) is 0 Å². The van der Waals surface area contributed by atoms with Crippen LogP contribution in [0.15, 0.2) is 42.5 Å². The summed E-state index contributed by atoms with van der Waals surface area (Å²) in [6.45, 7) is 1.84. The van der Waals surface area contributed by atoms with Crippen molar-refractivity contribution in [2.45, 2.75) is 12.3 Å². The van der Waals surface area contributed by atoms with Gasteiger partial charge in [0.25, 0.3) is 0 Å². The van der Waals surface area contributed by atoms with Crippen LogP contribution in [0.1, 0.15) is 18.1 Å². The first-order chi connectivity index (χ1) is 10.1. The van der Waals surface area contributed by atoms with Crippen LogP contribution in [0.25, 0.3) is 16.7 Å². The van der Waals surface area contributed by atoms with E-state index in [0.717, 1.165) is 11.2 Å². The molecule has 21 heavy (non-hydrogen) atoms. The van der Waals surface area contributed by atoms with Crippen molar-refractivity contribution >= 4 is 22.6 Å². The van der Waals surface area contributed by atoms with Gasteiger partial charge in [0.15, 0.2) is 0 Å². The molecule has 0 saturated heterocycles. The third-order valence-corrected chi connectivity index (χ3v) is 3.52. The number of fused-ring (bicyclic) bond motifs is 1. The predicted molar refractivity (Wildman–Crippen MR) is 81.8 cm³/mol. The van der Waals surface area contributed by atoms with Crippen molar-refractivity contribution < 1.29 is 9.13 Å². The lowest BCUT2D eigenvalue weighted by Crippen LogP contribution is -2.03. The zero-order valence-corrected chi connectivity index (χ0v) is 12.4. The van der Waals surface area contributed by atoms with Crippen LogP contribution in [0, 0.1) is 5.82 Å². The molecule has 0 aliphatic rings. The zero-order chi connectivity index (χ0) is 15.0. The molecule has 1 aromatic heterocycles. The molecule has 0 fully saturated rings. The Morgan fingerprint density at radius 2 is 2.00 bits per heavy atom. The highest BCUT2D eigenvalue weighted by atomic mass is 35.5. The Morgan fingerprint density at radius 1 is 1.24 bits per heavy atom. The van der Waals surface area contributed by atoms with Crippen molar-refractivity contribution in [2.75, 3.05) is 7.11 Å². The van der Waals surface area contributed by atoms with E-state index in [9.17, 15) is 4.39 Å². The summed E-state index contributed by atoms with van der Waals surface area (Å²) in [6, 6.07) is 12.1. The van der Waals surface area contributed by atoms with E-state index in [2.05, 4.69) is 4.98 Å². The molecule has 1 unspecified atom stereocenters. The molecule has 0 saturated carbocycles. The van der Waals surface area contributed by atoms with Crippen LogP contribution in [0.3, 0.4) is 0 Å². The monoisotopic (exact) mass is 304 g/mol. The van der Waals surface area contributed by atoms with E-state index in [1.807, 2.05) is 35.8 Å². The van der Waals surface area contributed by atoms with E-state index >= 15 is 0 Å². The highest BCUT2D eigenvalue weighted by Gasteiger charge is 2.18. The first-order valence-corrected chi connectivity index (χ1v) is 7.01. The number of nitrogens with zero attached hydrogens (tertiary/aromatic N) is 2. The van der Waals surface area contributed by atoms with Crippen LogP contribution >= 0.6 is 11.6 Å². The summed E-state index contributed by atoms with van der Waals surface area (Å²) in [6.07, 6.45) is 0. The molecule has 0 amide bonds. The molecular formula is C16H14ClFN2O. The van der Waals surface area contributed by atoms with E-state index < -0.39 is 0 Å². The molecule has 0 aliphatic heterocycles. The molecule has 5 heteroatoms. The fraction of sp³-hybridized carbons (Fsp3) is 0.188. The van der Waals surface area contributed by atoms with E-state index in [0.29, 0.717) is 17.1 Å². The molecule has 0 aliphatic carbocycles.